The number of nitrogens with one attached hydrogen (secondary N) is 1. The van der Waals surface area contributed by atoms with Crippen LogP contribution in [-0.4, -0.2) is 24.0 Å². The van der Waals surface area contributed by atoms with Gasteiger partial charge in [0.15, 0.2) is 0 Å². The summed E-state index contributed by atoms with van der Waals surface area (Å²) in [6.07, 6.45) is 7.46. The molecule has 0 bridgehead atoms. The van der Waals surface area contributed by atoms with Crippen LogP contribution in [0, 0.1) is 5.92 Å². The van der Waals surface area contributed by atoms with Crippen molar-refractivity contribution in [3.8, 4) is 0 Å². The Morgan fingerprint density at radius 2 is 2.20 bits per heavy atom. The van der Waals surface area contributed by atoms with Crippen LogP contribution in [0.2, 0.25) is 0 Å². The van der Waals surface area contributed by atoms with E-state index in [4.69, 9.17) is 5.73 Å². The van der Waals surface area contributed by atoms with Crippen LogP contribution in [0.15, 0.2) is 24.4 Å². The number of nitrogens with zero attached hydrogens (tertiary/aromatic N) is 1. The molecule has 1 heterocycles. The molecule has 1 aromatic rings. The predicted molar refractivity (Wildman–Crippen MR) is 82.3 cm³/mol. The Morgan fingerprint density at radius 3 is 2.85 bits per heavy atom. The van der Waals surface area contributed by atoms with Gasteiger partial charge in [-0.25, -0.2) is 0 Å². The Balaban J connectivity index is 2.16. The molecule has 4 heteroatoms. The fourth-order valence-electron chi connectivity index (χ4n) is 2.38. The first-order valence-electron chi connectivity index (χ1n) is 7.63. The molecular weight excluding hydrogens is 250 g/mol. The smallest absolute Gasteiger partial charge is 0.220 e. The van der Waals surface area contributed by atoms with E-state index in [0.717, 1.165) is 31.4 Å². The van der Waals surface area contributed by atoms with E-state index in [1.54, 1.807) is 6.20 Å². The van der Waals surface area contributed by atoms with Gasteiger partial charge in [0.2, 0.25) is 5.91 Å². The molecule has 0 aliphatic rings. The predicted octanol–water partition coefficient (Wildman–Crippen LogP) is 2.29. The number of nitrogens with two attached hydrogens (primary N) is 1. The number of carbonyl (C=O) groups excluding carboxylic acids is 1. The van der Waals surface area contributed by atoms with Crippen molar-refractivity contribution >= 4 is 5.91 Å². The first kappa shape index (κ1) is 16.6. The molecule has 112 valence electrons. The van der Waals surface area contributed by atoms with Crippen LogP contribution in [0.4, 0.5) is 0 Å². The highest BCUT2D eigenvalue weighted by atomic mass is 16.1. The SMILES string of the molecule is CCCC(CCN)CCC(=O)NCCc1ccccn1. The lowest BCUT2D eigenvalue weighted by Crippen LogP contribution is -2.26. The third-order valence-corrected chi connectivity index (χ3v) is 3.48. The summed E-state index contributed by atoms with van der Waals surface area (Å²) in [5.41, 5.74) is 6.62. The molecule has 1 aromatic heterocycles. The van der Waals surface area contributed by atoms with Crippen molar-refractivity contribution in [3.05, 3.63) is 30.1 Å². The lowest BCUT2D eigenvalue weighted by atomic mass is 9.94. The fraction of sp³-hybridized carbons (Fsp3) is 0.625. The monoisotopic (exact) mass is 277 g/mol. The molecule has 1 amide bonds. The summed E-state index contributed by atoms with van der Waals surface area (Å²) in [6.45, 7) is 3.55. The Kier molecular flexibility index (Phi) is 8.63. The van der Waals surface area contributed by atoms with E-state index >= 15 is 0 Å². The highest BCUT2D eigenvalue weighted by Gasteiger charge is 2.09. The Hall–Kier alpha value is -1.42. The number of carbonyl (C=O) groups is 1. The largest absolute Gasteiger partial charge is 0.356 e. The van der Waals surface area contributed by atoms with Crippen LogP contribution in [0.1, 0.15) is 44.7 Å². The van der Waals surface area contributed by atoms with Crippen molar-refractivity contribution < 1.29 is 4.79 Å². The first-order chi connectivity index (χ1) is 9.76. The molecule has 0 radical (unpaired) electrons. The maximum atomic E-state index is 11.8. The van der Waals surface area contributed by atoms with Crippen molar-refractivity contribution in [2.24, 2.45) is 11.7 Å². The number of aromatic nitrogens is 1. The Morgan fingerprint density at radius 1 is 1.35 bits per heavy atom. The average molecular weight is 277 g/mol. The zero-order valence-electron chi connectivity index (χ0n) is 12.5. The highest BCUT2D eigenvalue weighted by molar-refractivity contribution is 5.75. The minimum absolute atomic E-state index is 0.138. The lowest BCUT2D eigenvalue weighted by Gasteiger charge is -2.14. The molecule has 3 N–H and O–H groups in total. The maximum Gasteiger partial charge on any atom is 0.220 e. The molecular formula is C16H27N3O. The fourth-order valence-corrected chi connectivity index (χ4v) is 2.38. The van der Waals surface area contributed by atoms with Crippen molar-refractivity contribution in [2.75, 3.05) is 13.1 Å². The number of pyridine rings is 1. The molecule has 1 rings (SSSR count). The topological polar surface area (TPSA) is 68.0 Å². The number of amides is 1. The molecule has 0 aliphatic heterocycles. The van der Waals surface area contributed by atoms with Gasteiger partial charge in [-0.05, 0) is 37.4 Å². The van der Waals surface area contributed by atoms with Crippen LogP contribution in [-0.2, 0) is 11.2 Å². The molecule has 20 heavy (non-hydrogen) atoms. The summed E-state index contributed by atoms with van der Waals surface area (Å²) < 4.78 is 0. The van der Waals surface area contributed by atoms with Gasteiger partial charge in [-0.3, -0.25) is 9.78 Å². The molecule has 0 saturated carbocycles. The third-order valence-electron chi connectivity index (χ3n) is 3.48. The molecule has 0 aromatic carbocycles. The summed E-state index contributed by atoms with van der Waals surface area (Å²) in [4.78, 5) is 16.0. The second-order valence-electron chi connectivity index (χ2n) is 5.19. The van der Waals surface area contributed by atoms with E-state index in [-0.39, 0.29) is 5.91 Å². The standard InChI is InChI=1S/C16H27N3O/c1-2-5-14(9-11-17)7-8-16(20)19-13-10-15-6-3-4-12-18-15/h3-4,6,12,14H,2,5,7-11,13,17H2,1H3,(H,19,20). The van der Waals surface area contributed by atoms with Gasteiger partial charge in [-0.2, -0.15) is 0 Å². The normalized spacial score (nSPS) is 12.1. The van der Waals surface area contributed by atoms with Crippen LogP contribution in [0.3, 0.4) is 0 Å². The van der Waals surface area contributed by atoms with Gasteiger partial charge in [0.1, 0.15) is 0 Å². The van der Waals surface area contributed by atoms with Crippen molar-refractivity contribution in [1.29, 1.82) is 0 Å². The maximum absolute atomic E-state index is 11.8. The summed E-state index contributed by atoms with van der Waals surface area (Å²) >= 11 is 0. The number of hydrogen-bond donors (Lipinski definition) is 2. The van der Waals surface area contributed by atoms with Crippen LogP contribution >= 0.6 is 0 Å². The van der Waals surface area contributed by atoms with E-state index in [9.17, 15) is 4.79 Å². The third kappa shape index (κ3) is 7.24. The molecule has 1 unspecified atom stereocenters. The van der Waals surface area contributed by atoms with E-state index in [1.807, 2.05) is 18.2 Å². The molecule has 1 atom stereocenters. The minimum Gasteiger partial charge on any atom is -0.356 e. The highest BCUT2D eigenvalue weighted by Crippen LogP contribution is 2.16. The second kappa shape index (κ2) is 10.4. The van der Waals surface area contributed by atoms with E-state index < -0.39 is 0 Å². The van der Waals surface area contributed by atoms with Crippen molar-refractivity contribution in [1.82, 2.24) is 10.3 Å². The molecule has 0 saturated heterocycles. The van der Waals surface area contributed by atoms with E-state index in [1.165, 1.54) is 6.42 Å². The summed E-state index contributed by atoms with van der Waals surface area (Å²) in [6, 6.07) is 5.84. The molecule has 0 fully saturated rings. The van der Waals surface area contributed by atoms with Gasteiger partial charge in [0.05, 0.1) is 0 Å². The van der Waals surface area contributed by atoms with E-state index in [0.29, 0.717) is 25.4 Å². The quantitative estimate of drug-likeness (QED) is 0.689. The Bertz CT molecular complexity index is 361. The van der Waals surface area contributed by atoms with Gasteiger partial charge in [0.25, 0.3) is 0 Å². The average Bonchev–Trinajstić information content (AvgIpc) is 2.46. The lowest BCUT2D eigenvalue weighted by molar-refractivity contribution is -0.121. The summed E-state index contributed by atoms with van der Waals surface area (Å²) in [7, 11) is 0. The zero-order chi connectivity index (χ0) is 14.6. The number of rotatable bonds is 10. The van der Waals surface area contributed by atoms with E-state index in [2.05, 4.69) is 17.2 Å². The molecule has 0 aliphatic carbocycles. The van der Waals surface area contributed by atoms with Gasteiger partial charge in [-0.15, -0.1) is 0 Å². The van der Waals surface area contributed by atoms with Gasteiger partial charge < -0.3 is 11.1 Å². The van der Waals surface area contributed by atoms with Crippen molar-refractivity contribution in [2.45, 2.75) is 45.4 Å². The van der Waals surface area contributed by atoms with Crippen LogP contribution < -0.4 is 11.1 Å². The molecule has 4 nitrogen and oxygen atoms in total. The summed E-state index contributed by atoms with van der Waals surface area (Å²) in [5, 5.41) is 2.96. The minimum atomic E-state index is 0.138. The van der Waals surface area contributed by atoms with Crippen LogP contribution in [0.25, 0.3) is 0 Å². The number of hydrogen-bond acceptors (Lipinski definition) is 3. The van der Waals surface area contributed by atoms with Gasteiger partial charge in [-0.1, -0.05) is 25.8 Å². The van der Waals surface area contributed by atoms with Crippen LogP contribution in [0.5, 0.6) is 0 Å². The second-order valence-corrected chi connectivity index (χ2v) is 5.19. The first-order valence-corrected chi connectivity index (χ1v) is 7.63. The zero-order valence-corrected chi connectivity index (χ0v) is 12.5. The summed E-state index contributed by atoms with van der Waals surface area (Å²) in [5.74, 6) is 0.727. The Labute approximate surface area is 122 Å². The van der Waals surface area contributed by atoms with Gasteiger partial charge >= 0.3 is 0 Å². The van der Waals surface area contributed by atoms with Crippen molar-refractivity contribution in [3.63, 3.8) is 0 Å². The van der Waals surface area contributed by atoms with Gasteiger partial charge in [0, 0.05) is 31.3 Å². The molecule has 0 spiro atoms.